The molecule has 4 aromatic rings. The van der Waals surface area contributed by atoms with Gasteiger partial charge in [0.15, 0.2) is 11.5 Å². The molecule has 1 aliphatic heterocycles. The van der Waals surface area contributed by atoms with Gasteiger partial charge in [0, 0.05) is 31.3 Å². The SMILES string of the molecule is COc1ccc(C(=O)Nc2ccc3c(c2)nc(CCCNC(=O)[C@H]2COc4ccccc4O2)n3C)cc1. The van der Waals surface area contributed by atoms with Crippen LogP contribution in [0.1, 0.15) is 22.6 Å². The number of fused-ring (bicyclic) bond motifs is 2. The molecule has 0 saturated carbocycles. The monoisotopic (exact) mass is 500 g/mol. The van der Waals surface area contributed by atoms with Crippen molar-refractivity contribution in [2.45, 2.75) is 18.9 Å². The van der Waals surface area contributed by atoms with Gasteiger partial charge in [0.25, 0.3) is 11.8 Å². The number of rotatable bonds is 8. The van der Waals surface area contributed by atoms with Gasteiger partial charge in [-0.05, 0) is 61.0 Å². The molecular weight excluding hydrogens is 472 g/mol. The number of ether oxygens (including phenoxy) is 3. The second-order valence-corrected chi connectivity index (χ2v) is 8.73. The van der Waals surface area contributed by atoms with E-state index >= 15 is 0 Å². The molecule has 9 heteroatoms. The summed E-state index contributed by atoms with van der Waals surface area (Å²) in [5.41, 5.74) is 2.97. The number of benzene rings is 3. The van der Waals surface area contributed by atoms with Crippen LogP contribution in [0.2, 0.25) is 0 Å². The first kappa shape index (κ1) is 24.2. The van der Waals surface area contributed by atoms with Crippen molar-refractivity contribution in [3.63, 3.8) is 0 Å². The Balaban J connectivity index is 1.15. The molecule has 2 heterocycles. The van der Waals surface area contributed by atoms with E-state index in [1.54, 1.807) is 37.4 Å². The highest BCUT2D eigenvalue weighted by Crippen LogP contribution is 2.30. The Kier molecular flexibility index (Phi) is 6.93. The van der Waals surface area contributed by atoms with Crippen molar-refractivity contribution in [2.75, 3.05) is 25.6 Å². The lowest BCUT2D eigenvalue weighted by atomic mass is 10.2. The van der Waals surface area contributed by atoms with Gasteiger partial charge in [-0.3, -0.25) is 9.59 Å². The molecular formula is C28H28N4O5. The molecule has 3 aromatic carbocycles. The van der Waals surface area contributed by atoms with Crippen molar-refractivity contribution < 1.29 is 23.8 Å². The molecule has 0 unspecified atom stereocenters. The average Bonchev–Trinajstić information content (AvgIpc) is 3.25. The topological polar surface area (TPSA) is 104 Å². The third-order valence-corrected chi connectivity index (χ3v) is 6.26. The Morgan fingerprint density at radius 3 is 2.65 bits per heavy atom. The molecule has 0 bridgehead atoms. The lowest BCUT2D eigenvalue weighted by Gasteiger charge is -2.25. The normalized spacial score (nSPS) is 14.3. The molecule has 1 atom stereocenters. The van der Waals surface area contributed by atoms with Crippen molar-refractivity contribution in [3.8, 4) is 17.2 Å². The van der Waals surface area contributed by atoms with Gasteiger partial charge in [0.1, 0.15) is 18.2 Å². The number of para-hydroxylation sites is 2. The van der Waals surface area contributed by atoms with Crippen LogP contribution in [0.15, 0.2) is 66.7 Å². The maximum Gasteiger partial charge on any atom is 0.264 e. The number of carbonyl (C=O) groups excluding carboxylic acids is 2. The molecule has 37 heavy (non-hydrogen) atoms. The van der Waals surface area contributed by atoms with Crippen molar-refractivity contribution in [1.29, 1.82) is 0 Å². The van der Waals surface area contributed by atoms with Crippen LogP contribution in [0, 0.1) is 0 Å². The molecule has 0 fully saturated rings. The zero-order chi connectivity index (χ0) is 25.8. The second kappa shape index (κ2) is 10.6. The molecule has 1 aromatic heterocycles. The maximum atomic E-state index is 12.6. The maximum absolute atomic E-state index is 12.6. The molecule has 0 saturated heterocycles. The fraction of sp³-hybridized carbons (Fsp3) is 0.250. The van der Waals surface area contributed by atoms with Crippen molar-refractivity contribution in [1.82, 2.24) is 14.9 Å². The van der Waals surface area contributed by atoms with Crippen LogP contribution in [0.3, 0.4) is 0 Å². The standard InChI is InChI=1S/C28H28N4O5/c1-32-22-14-11-19(30-27(33)18-9-12-20(35-2)13-10-18)16-21(22)31-26(32)8-5-15-29-28(34)25-17-36-23-6-3-4-7-24(23)37-25/h3-4,6-7,9-14,16,25H,5,8,15,17H2,1-2H3,(H,29,34)(H,30,33)/t25-/m1/s1. The van der Waals surface area contributed by atoms with E-state index in [0.29, 0.717) is 47.9 Å². The Hall–Kier alpha value is -4.53. The zero-order valence-electron chi connectivity index (χ0n) is 20.7. The number of imidazole rings is 1. The minimum atomic E-state index is -0.669. The highest BCUT2D eigenvalue weighted by molar-refractivity contribution is 6.05. The first-order valence-corrected chi connectivity index (χ1v) is 12.1. The molecule has 1 aliphatic rings. The number of aromatic nitrogens is 2. The predicted octanol–water partition coefficient (Wildman–Crippen LogP) is 3.72. The summed E-state index contributed by atoms with van der Waals surface area (Å²) in [7, 11) is 3.55. The first-order valence-electron chi connectivity index (χ1n) is 12.1. The summed E-state index contributed by atoms with van der Waals surface area (Å²) < 4.78 is 18.5. The predicted molar refractivity (Wildman–Crippen MR) is 139 cm³/mol. The smallest absolute Gasteiger partial charge is 0.264 e. The molecule has 190 valence electrons. The summed E-state index contributed by atoms with van der Waals surface area (Å²) in [6.07, 6.45) is 0.732. The Bertz CT molecular complexity index is 1430. The number of nitrogens with one attached hydrogen (secondary N) is 2. The number of hydrogen-bond acceptors (Lipinski definition) is 6. The van der Waals surface area contributed by atoms with Crippen molar-refractivity contribution >= 4 is 28.5 Å². The van der Waals surface area contributed by atoms with E-state index in [0.717, 1.165) is 16.9 Å². The third-order valence-electron chi connectivity index (χ3n) is 6.26. The van der Waals surface area contributed by atoms with E-state index in [2.05, 4.69) is 10.6 Å². The van der Waals surface area contributed by atoms with E-state index in [4.69, 9.17) is 19.2 Å². The number of anilines is 1. The largest absolute Gasteiger partial charge is 0.497 e. The summed E-state index contributed by atoms with van der Waals surface area (Å²) in [6, 6.07) is 19.9. The van der Waals surface area contributed by atoms with Crippen LogP contribution in [-0.2, 0) is 18.3 Å². The fourth-order valence-corrected chi connectivity index (χ4v) is 4.22. The van der Waals surface area contributed by atoms with Gasteiger partial charge in [-0.1, -0.05) is 12.1 Å². The molecule has 2 N–H and O–H groups in total. The Labute approximate surface area is 214 Å². The van der Waals surface area contributed by atoms with Crippen LogP contribution in [0.5, 0.6) is 17.2 Å². The highest BCUT2D eigenvalue weighted by atomic mass is 16.6. The number of amides is 2. The fourth-order valence-electron chi connectivity index (χ4n) is 4.22. The van der Waals surface area contributed by atoms with E-state index in [1.165, 1.54) is 0 Å². The zero-order valence-corrected chi connectivity index (χ0v) is 20.7. The Morgan fingerprint density at radius 1 is 1.08 bits per heavy atom. The minimum absolute atomic E-state index is 0.185. The number of methoxy groups -OCH3 is 1. The van der Waals surface area contributed by atoms with Crippen molar-refractivity contribution in [2.24, 2.45) is 7.05 Å². The average molecular weight is 501 g/mol. The lowest BCUT2D eigenvalue weighted by molar-refractivity contribution is -0.130. The number of aryl methyl sites for hydroxylation is 2. The summed E-state index contributed by atoms with van der Waals surface area (Å²) in [6.45, 7) is 0.678. The van der Waals surface area contributed by atoms with Gasteiger partial charge in [0.2, 0.25) is 6.10 Å². The van der Waals surface area contributed by atoms with Gasteiger partial charge in [-0.15, -0.1) is 0 Å². The summed E-state index contributed by atoms with van der Waals surface area (Å²) in [5, 5.41) is 5.84. The van der Waals surface area contributed by atoms with Gasteiger partial charge in [0.05, 0.1) is 18.1 Å². The molecule has 0 aliphatic carbocycles. The van der Waals surface area contributed by atoms with E-state index in [1.807, 2.05) is 48.0 Å². The van der Waals surface area contributed by atoms with Crippen LogP contribution in [-0.4, -0.2) is 47.7 Å². The minimum Gasteiger partial charge on any atom is -0.497 e. The summed E-state index contributed by atoms with van der Waals surface area (Å²) >= 11 is 0. The van der Waals surface area contributed by atoms with Gasteiger partial charge >= 0.3 is 0 Å². The van der Waals surface area contributed by atoms with Gasteiger partial charge in [-0.25, -0.2) is 4.98 Å². The third kappa shape index (κ3) is 5.35. The number of nitrogens with zero attached hydrogens (tertiary/aromatic N) is 2. The van der Waals surface area contributed by atoms with Crippen LogP contribution in [0.25, 0.3) is 11.0 Å². The molecule has 0 radical (unpaired) electrons. The summed E-state index contributed by atoms with van der Waals surface area (Å²) in [4.78, 5) is 29.9. The van der Waals surface area contributed by atoms with Crippen LogP contribution >= 0.6 is 0 Å². The summed E-state index contributed by atoms with van der Waals surface area (Å²) in [5.74, 6) is 2.42. The molecule has 9 nitrogen and oxygen atoms in total. The van der Waals surface area contributed by atoms with E-state index in [-0.39, 0.29) is 18.4 Å². The molecule has 5 rings (SSSR count). The molecule has 2 amide bonds. The highest BCUT2D eigenvalue weighted by Gasteiger charge is 2.26. The lowest BCUT2D eigenvalue weighted by Crippen LogP contribution is -2.44. The second-order valence-electron chi connectivity index (χ2n) is 8.73. The number of carbonyl (C=O) groups is 2. The van der Waals surface area contributed by atoms with Crippen molar-refractivity contribution in [3.05, 3.63) is 78.1 Å². The van der Waals surface area contributed by atoms with Gasteiger partial charge < -0.3 is 29.4 Å². The van der Waals surface area contributed by atoms with Crippen LogP contribution < -0.4 is 24.8 Å². The number of hydrogen-bond donors (Lipinski definition) is 2. The van der Waals surface area contributed by atoms with E-state index < -0.39 is 6.10 Å². The Morgan fingerprint density at radius 2 is 1.86 bits per heavy atom. The first-order chi connectivity index (χ1) is 18.0. The molecule has 0 spiro atoms. The quantitative estimate of drug-likeness (QED) is 0.358. The van der Waals surface area contributed by atoms with Gasteiger partial charge in [-0.2, -0.15) is 0 Å². The van der Waals surface area contributed by atoms with E-state index in [9.17, 15) is 9.59 Å². The van der Waals surface area contributed by atoms with Crippen LogP contribution in [0.4, 0.5) is 5.69 Å².